The van der Waals surface area contributed by atoms with Crippen molar-refractivity contribution in [3.8, 4) is 11.5 Å². The topological polar surface area (TPSA) is 322 Å². The third kappa shape index (κ3) is 11.9. The number of amides is 4. The molecule has 4 aliphatic heterocycles. The number of rotatable bonds is 16. The van der Waals surface area contributed by atoms with Crippen LogP contribution in [0, 0.1) is 0 Å². The van der Waals surface area contributed by atoms with Gasteiger partial charge in [0, 0.05) is 88.4 Å². The van der Waals surface area contributed by atoms with E-state index in [2.05, 4.69) is 0 Å². The average Bonchev–Trinajstić information content (AvgIpc) is 3.57. The van der Waals surface area contributed by atoms with Gasteiger partial charge in [0.25, 0.3) is 23.6 Å². The van der Waals surface area contributed by atoms with Crippen molar-refractivity contribution in [2.75, 3.05) is 23.0 Å². The number of esters is 8. The van der Waals surface area contributed by atoms with Crippen LogP contribution in [-0.2, 0) is 85.7 Å². The Morgan fingerprint density at radius 3 is 0.887 bits per heavy atom. The zero-order chi connectivity index (χ0) is 58.0. The molecule has 2 saturated heterocycles. The molecule has 0 bridgehead atoms. The summed E-state index contributed by atoms with van der Waals surface area (Å²) < 4.78 is 67.1. The second-order valence-corrected chi connectivity index (χ2v) is 18.3. The Labute approximate surface area is 453 Å². The summed E-state index contributed by atoms with van der Waals surface area (Å²) in [5.41, 5.74) is 0.0267. The second kappa shape index (κ2) is 23.3. The number of carbonyl (C=O) groups excluding carboxylic acids is 12. The number of carbonyl (C=O) groups is 12. The van der Waals surface area contributed by atoms with Gasteiger partial charge in [0.1, 0.15) is 36.9 Å². The first-order valence-corrected chi connectivity index (χ1v) is 24.4. The Kier molecular flexibility index (Phi) is 16.6. The summed E-state index contributed by atoms with van der Waals surface area (Å²) in [4.78, 5) is 156. The summed E-state index contributed by atoms with van der Waals surface area (Å²) in [7, 11) is 0. The molecule has 420 valence electrons. The average molecular weight is 1110 g/mol. The van der Waals surface area contributed by atoms with E-state index in [0.717, 1.165) is 65.2 Å². The highest BCUT2D eigenvalue weighted by Gasteiger charge is 2.55. The SMILES string of the molecule is CC(=O)OC[C@H]1O[C@@H](Oc2ccc(N3C(=O)c4ccc5c6c(ccc(c46)C3=O)C(=O)N(c3ccc(O[C@@H]4O[C@H](COC(C)=O)[C@H](OC(C)=O)[C@H](OC(C)=O)[C@H]4OC(C)=O)cc3)C5=O)cc2)[C@H](OC(C)=O)[C@@H](OC(C)=O)[C@H]1OC(C)=O. The molecule has 2 fully saturated rings. The molecule has 4 heterocycles. The number of hydrogen-bond acceptors (Lipinski definition) is 24. The van der Waals surface area contributed by atoms with Crippen molar-refractivity contribution in [1.82, 2.24) is 0 Å². The van der Waals surface area contributed by atoms with Gasteiger partial charge in [-0.25, -0.2) is 9.80 Å². The minimum atomic E-state index is -1.59. The van der Waals surface area contributed by atoms with Gasteiger partial charge in [-0.1, -0.05) is 0 Å². The fourth-order valence-electron chi connectivity index (χ4n) is 9.53. The molecule has 0 spiro atoms. The van der Waals surface area contributed by atoms with Crippen LogP contribution < -0.4 is 19.3 Å². The lowest BCUT2D eigenvalue weighted by molar-refractivity contribution is -0.288. The zero-order valence-electron chi connectivity index (χ0n) is 43.8. The molecule has 80 heavy (non-hydrogen) atoms. The number of nitrogens with zero attached hydrogens (tertiary/aromatic N) is 2. The molecule has 10 atom stereocenters. The molecule has 4 amide bonds. The highest BCUT2D eigenvalue weighted by atomic mass is 16.7. The van der Waals surface area contributed by atoms with Crippen molar-refractivity contribution >= 4 is 93.5 Å². The van der Waals surface area contributed by atoms with E-state index in [4.69, 9.17) is 56.8 Å². The van der Waals surface area contributed by atoms with Gasteiger partial charge < -0.3 is 56.8 Å². The third-order valence-electron chi connectivity index (χ3n) is 12.5. The maximum absolute atomic E-state index is 14.4. The minimum Gasteiger partial charge on any atom is -0.463 e. The van der Waals surface area contributed by atoms with Crippen LogP contribution in [-0.4, -0.2) is 146 Å². The van der Waals surface area contributed by atoms with Crippen molar-refractivity contribution in [1.29, 1.82) is 0 Å². The summed E-state index contributed by atoms with van der Waals surface area (Å²) in [6.07, 6.45) is -14.8. The molecular formula is C54H50N2O24. The second-order valence-electron chi connectivity index (χ2n) is 18.3. The Balaban J connectivity index is 1.03. The van der Waals surface area contributed by atoms with Crippen LogP contribution in [0.25, 0.3) is 10.8 Å². The third-order valence-corrected chi connectivity index (χ3v) is 12.5. The molecule has 26 heteroatoms. The predicted octanol–water partition coefficient (Wildman–Crippen LogP) is 3.36. The Morgan fingerprint density at radius 2 is 0.625 bits per heavy atom. The van der Waals surface area contributed by atoms with Crippen LogP contribution in [0.4, 0.5) is 11.4 Å². The molecule has 26 nitrogen and oxygen atoms in total. The van der Waals surface area contributed by atoms with E-state index in [9.17, 15) is 57.5 Å². The lowest BCUT2D eigenvalue weighted by Crippen LogP contribution is -2.63. The number of benzene rings is 4. The first-order chi connectivity index (χ1) is 37.9. The molecule has 0 aromatic heterocycles. The maximum atomic E-state index is 14.4. The molecule has 8 rings (SSSR count). The van der Waals surface area contributed by atoms with E-state index in [1.54, 1.807) is 0 Å². The first kappa shape index (κ1) is 56.9. The van der Waals surface area contributed by atoms with Crippen molar-refractivity contribution in [2.24, 2.45) is 0 Å². The highest BCUT2D eigenvalue weighted by Crippen LogP contribution is 2.41. The van der Waals surface area contributed by atoms with Gasteiger partial charge >= 0.3 is 47.8 Å². The molecule has 0 N–H and O–H groups in total. The monoisotopic (exact) mass is 1110 g/mol. The Hall–Kier alpha value is -9.30. The zero-order valence-corrected chi connectivity index (χ0v) is 43.8. The van der Waals surface area contributed by atoms with Crippen LogP contribution >= 0.6 is 0 Å². The normalized spacial score (nSPS) is 23.9. The maximum Gasteiger partial charge on any atom is 0.303 e. The van der Waals surface area contributed by atoms with Crippen molar-refractivity contribution < 1.29 is 114 Å². The number of anilines is 2. The quantitative estimate of drug-likeness (QED) is 0.0882. The van der Waals surface area contributed by atoms with Crippen molar-refractivity contribution in [2.45, 2.75) is 117 Å². The van der Waals surface area contributed by atoms with E-state index in [1.165, 1.54) is 72.8 Å². The standard InChI is InChI=1S/C54H50N2O24/c1-23(57)69-21-39-43(71-25(3)59)45(73-27(5)61)47(75-29(7)63)53(79-39)77-33-13-9-31(10-14-33)55-49(65)35-17-19-37-42-38(20-18-36(41(35)42)50(55)66)52(68)56(51(37)67)32-11-15-34(16-12-32)78-54-48(76-30(8)64)46(74-28(6)62)44(72-26(4)60)40(80-54)22-70-24(2)58/h9-20,39-40,43-48,53-54H,21-22H2,1-8H3/t39-,40-,43+,44+,45+,46+,47-,48-,53-,54-/m1/s1. The largest absolute Gasteiger partial charge is 0.463 e. The fourth-order valence-corrected chi connectivity index (χ4v) is 9.53. The van der Waals surface area contributed by atoms with Gasteiger partial charge in [0.05, 0.1) is 11.4 Å². The number of hydrogen-bond donors (Lipinski definition) is 0. The molecule has 4 aliphatic rings. The van der Waals surface area contributed by atoms with E-state index in [-0.39, 0.29) is 55.9 Å². The van der Waals surface area contributed by atoms with Crippen LogP contribution in [0.1, 0.15) is 96.8 Å². The fraction of sp³-hybridized carbons (Fsp3) is 0.370. The molecule has 0 aliphatic carbocycles. The molecule has 0 radical (unpaired) electrons. The summed E-state index contributed by atoms with van der Waals surface area (Å²) in [6, 6.07) is 16.2. The molecule has 4 aromatic rings. The number of imide groups is 2. The van der Waals surface area contributed by atoms with Gasteiger partial charge in [0.15, 0.2) is 24.4 Å². The predicted molar refractivity (Wildman–Crippen MR) is 264 cm³/mol. The lowest BCUT2D eigenvalue weighted by atomic mass is 9.85. The van der Waals surface area contributed by atoms with E-state index >= 15 is 0 Å². The molecule has 4 aromatic carbocycles. The van der Waals surface area contributed by atoms with Gasteiger partial charge in [-0.05, 0) is 72.8 Å². The smallest absolute Gasteiger partial charge is 0.303 e. The Morgan fingerprint density at radius 1 is 0.362 bits per heavy atom. The van der Waals surface area contributed by atoms with Gasteiger partial charge in [0.2, 0.25) is 24.8 Å². The summed E-state index contributed by atoms with van der Waals surface area (Å²) >= 11 is 0. The van der Waals surface area contributed by atoms with Crippen molar-refractivity contribution in [3.05, 3.63) is 95.1 Å². The van der Waals surface area contributed by atoms with Crippen LogP contribution in [0.3, 0.4) is 0 Å². The van der Waals surface area contributed by atoms with E-state index in [1.807, 2.05) is 0 Å². The minimum absolute atomic E-state index is 0.0107. The summed E-state index contributed by atoms with van der Waals surface area (Å²) in [5, 5.41) is 0.120. The van der Waals surface area contributed by atoms with E-state index in [0.29, 0.717) is 0 Å². The molecule has 0 saturated carbocycles. The lowest BCUT2D eigenvalue weighted by Gasteiger charge is -2.43. The molecular weight excluding hydrogens is 1060 g/mol. The summed E-state index contributed by atoms with van der Waals surface area (Å²) in [5.74, 6) is -9.74. The van der Waals surface area contributed by atoms with Crippen LogP contribution in [0.2, 0.25) is 0 Å². The van der Waals surface area contributed by atoms with Crippen LogP contribution in [0.5, 0.6) is 11.5 Å². The van der Waals surface area contributed by atoms with Crippen LogP contribution in [0.15, 0.2) is 72.8 Å². The van der Waals surface area contributed by atoms with Gasteiger partial charge in [-0.3, -0.25) is 57.5 Å². The highest BCUT2D eigenvalue weighted by molar-refractivity contribution is 6.42. The summed E-state index contributed by atoms with van der Waals surface area (Å²) in [6.45, 7) is 7.64. The first-order valence-electron chi connectivity index (χ1n) is 24.4. The van der Waals surface area contributed by atoms with Crippen molar-refractivity contribution in [3.63, 3.8) is 0 Å². The molecule has 0 unspecified atom stereocenters. The van der Waals surface area contributed by atoms with Gasteiger partial charge in [-0.2, -0.15) is 0 Å². The number of ether oxygens (including phenoxy) is 12. The Bertz CT molecular complexity index is 2940. The van der Waals surface area contributed by atoms with Gasteiger partial charge in [-0.15, -0.1) is 0 Å². The van der Waals surface area contributed by atoms with E-state index < -0.39 is 146 Å².